The number of hydrogen-bond acceptors (Lipinski definition) is 5. The van der Waals surface area contributed by atoms with Gasteiger partial charge in [0.05, 0.1) is 17.2 Å². The average molecular weight is 299 g/mol. The van der Waals surface area contributed by atoms with Crippen LogP contribution in [-0.2, 0) is 11.3 Å². The first-order valence-electron chi connectivity index (χ1n) is 6.46. The fourth-order valence-corrected chi connectivity index (χ4v) is 2.07. The van der Waals surface area contributed by atoms with Crippen LogP contribution in [0.1, 0.15) is 5.56 Å². The second-order valence-corrected chi connectivity index (χ2v) is 4.50. The van der Waals surface area contributed by atoms with Crippen molar-refractivity contribution in [3.05, 3.63) is 62.4 Å². The predicted molar refractivity (Wildman–Crippen MR) is 79.4 cm³/mol. The summed E-state index contributed by atoms with van der Waals surface area (Å²) in [6.45, 7) is 0.603. The molecule has 0 saturated heterocycles. The SMILES string of the molecule is COCCn1c(-c2ccc([N+](=O)[O-])cc2)ccc(C#N)c1=O. The third kappa shape index (κ3) is 3.02. The normalized spacial score (nSPS) is 10.2. The first-order chi connectivity index (χ1) is 10.6. The molecule has 0 fully saturated rings. The molecule has 0 amide bonds. The van der Waals surface area contributed by atoms with Gasteiger partial charge in [-0.05, 0) is 29.8 Å². The summed E-state index contributed by atoms with van der Waals surface area (Å²) in [5.41, 5.74) is 0.847. The van der Waals surface area contributed by atoms with Crippen LogP contribution in [0.2, 0.25) is 0 Å². The lowest BCUT2D eigenvalue weighted by Crippen LogP contribution is -2.25. The average Bonchev–Trinajstić information content (AvgIpc) is 2.53. The van der Waals surface area contributed by atoms with Crippen LogP contribution in [0.25, 0.3) is 11.3 Å². The topological polar surface area (TPSA) is 98.2 Å². The highest BCUT2D eigenvalue weighted by Crippen LogP contribution is 2.21. The summed E-state index contributed by atoms with van der Waals surface area (Å²) in [7, 11) is 1.52. The molecule has 0 N–H and O–H groups in total. The van der Waals surface area contributed by atoms with Gasteiger partial charge in [-0.1, -0.05) is 0 Å². The van der Waals surface area contributed by atoms with E-state index in [2.05, 4.69) is 0 Å². The molecule has 0 unspecified atom stereocenters. The van der Waals surface area contributed by atoms with E-state index < -0.39 is 10.5 Å². The molecule has 112 valence electrons. The number of methoxy groups -OCH3 is 1. The lowest BCUT2D eigenvalue weighted by molar-refractivity contribution is -0.384. The number of non-ortho nitro benzene ring substituents is 1. The summed E-state index contributed by atoms with van der Waals surface area (Å²) in [6, 6.07) is 10.8. The minimum Gasteiger partial charge on any atom is -0.383 e. The molecule has 22 heavy (non-hydrogen) atoms. The first-order valence-corrected chi connectivity index (χ1v) is 6.46. The van der Waals surface area contributed by atoms with Gasteiger partial charge in [0.15, 0.2) is 0 Å². The van der Waals surface area contributed by atoms with Gasteiger partial charge in [0.1, 0.15) is 11.6 Å². The molecule has 0 spiro atoms. The van der Waals surface area contributed by atoms with Gasteiger partial charge in [-0.15, -0.1) is 0 Å². The summed E-state index contributed by atoms with van der Waals surface area (Å²) in [5, 5.41) is 19.7. The van der Waals surface area contributed by atoms with E-state index in [1.807, 2.05) is 6.07 Å². The van der Waals surface area contributed by atoms with Crippen molar-refractivity contribution in [1.82, 2.24) is 4.57 Å². The van der Waals surface area contributed by atoms with Crippen molar-refractivity contribution in [1.29, 1.82) is 5.26 Å². The molecule has 2 aromatic rings. The minimum absolute atomic E-state index is 0.0248. The maximum atomic E-state index is 12.3. The standard InChI is InChI=1S/C15H13N3O4/c1-22-9-8-17-14(7-4-12(10-16)15(17)19)11-2-5-13(6-3-11)18(20)21/h2-7H,8-9H2,1H3. The highest BCUT2D eigenvalue weighted by Gasteiger charge is 2.12. The van der Waals surface area contributed by atoms with Gasteiger partial charge in [-0.3, -0.25) is 14.9 Å². The molecule has 0 aliphatic heterocycles. The number of nitro benzene ring substituents is 1. The summed E-state index contributed by atoms with van der Waals surface area (Å²) >= 11 is 0. The van der Waals surface area contributed by atoms with E-state index >= 15 is 0 Å². The zero-order valence-corrected chi connectivity index (χ0v) is 11.9. The van der Waals surface area contributed by atoms with E-state index in [4.69, 9.17) is 10.00 Å². The van der Waals surface area contributed by atoms with Gasteiger partial charge in [0.25, 0.3) is 11.2 Å². The molecule has 0 aliphatic carbocycles. The molecule has 7 heteroatoms. The Morgan fingerprint density at radius 1 is 1.27 bits per heavy atom. The zero-order chi connectivity index (χ0) is 16.1. The first kappa shape index (κ1) is 15.4. The quantitative estimate of drug-likeness (QED) is 0.620. The number of nitrogens with zero attached hydrogens (tertiary/aromatic N) is 3. The number of benzene rings is 1. The van der Waals surface area contributed by atoms with E-state index in [1.165, 1.54) is 29.9 Å². The molecule has 7 nitrogen and oxygen atoms in total. The minimum atomic E-state index is -0.486. The van der Waals surface area contributed by atoms with Crippen molar-refractivity contribution in [3.63, 3.8) is 0 Å². The molecular weight excluding hydrogens is 286 g/mol. The Hall–Kier alpha value is -2.98. The van der Waals surface area contributed by atoms with Crippen molar-refractivity contribution in [2.75, 3.05) is 13.7 Å². The van der Waals surface area contributed by atoms with E-state index in [0.29, 0.717) is 17.9 Å². The van der Waals surface area contributed by atoms with Crippen LogP contribution >= 0.6 is 0 Å². The van der Waals surface area contributed by atoms with Crippen LogP contribution < -0.4 is 5.56 Å². The summed E-state index contributed by atoms with van der Waals surface area (Å²) < 4.78 is 6.42. The highest BCUT2D eigenvalue weighted by molar-refractivity contribution is 5.62. The van der Waals surface area contributed by atoms with Gasteiger partial charge >= 0.3 is 0 Å². The Labute approximate surface area is 126 Å². The van der Waals surface area contributed by atoms with Crippen LogP contribution in [0.15, 0.2) is 41.2 Å². The molecule has 1 aromatic heterocycles. The van der Waals surface area contributed by atoms with Gasteiger partial charge in [-0.25, -0.2) is 0 Å². The maximum Gasteiger partial charge on any atom is 0.269 e. The van der Waals surface area contributed by atoms with Crippen LogP contribution in [0.3, 0.4) is 0 Å². The Morgan fingerprint density at radius 2 is 1.95 bits per heavy atom. The van der Waals surface area contributed by atoms with E-state index in [0.717, 1.165) is 0 Å². The van der Waals surface area contributed by atoms with Crippen molar-refractivity contribution in [3.8, 4) is 17.3 Å². The Bertz CT molecular complexity index is 788. The largest absolute Gasteiger partial charge is 0.383 e. The molecule has 1 heterocycles. The van der Waals surface area contributed by atoms with Crippen LogP contribution in [0, 0.1) is 21.4 Å². The smallest absolute Gasteiger partial charge is 0.269 e. The maximum absolute atomic E-state index is 12.3. The van der Waals surface area contributed by atoms with E-state index in [1.54, 1.807) is 18.2 Å². The van der Waals surface area contributed by atoms with Gasteiger partial charge in [0.2, 0.25) is 0 Å². The van der Waals surface area contributed by atoms with Gasteiger partial charge in [0, 0.05) is 25.8 Å². The number of hydrogen-bond donors (Lipinski definition) is 0. The lowest BCUT2D eigenvalue weighted by atomic mass is 10.1. The number of nitriles is 1. The monoisotopic (exact) mass is 299 g/mol. The number of ether oxygens (including phenoxy) is 1. The van der Waals surface area contributed by atoms with Crippen molar-refractivity contribution >= 4 is 5.69 Å². The third-order valence-corrected chi connectivity index (χ3v) is 3.19. The molecule has 0 radical (unpaired) electrons. The van der Waals surface area contributed by atoms with Gasteiger partial charge in [-0.2, -0.15) is 5.26 Å². The van der Waals surface area contributed by atoms with Crippen LogP contribution in [0.4, 0.5) is 5.69 Å². The van der Waals surface area contributed by atoms with Crippen molar-refractivity contribution in [2.45, 2.75) is 6.54 Å². The molecule has 2 rings (SSSR count). The number of pyridine rings is 1. The zero-order valence-electron chi connectivity index (χ0n) is 11.9. The van der Waals surface area contributed by atoms with E-state index in [9.17, 15) is 14.9 Å². The number of aromatic nitrogens is 1. The van der Waals surface area contributed by atoms with Crippen molar-refractivity contribution in [2.24, 2.45) is 0 Å². The second kappa shape index (κ2) is 6.65. The van der Waals surface area contributed by atoms with Crippen LogP contribution in [-0.4, -0.2) is 23.2 Å². The summed E-state index contributed by atoms with van der Waals surface area (Å²) in [5.74, 6) is 0. The van der Waals surface area contributed by atoms with E-state index in [-0.39, 0.29) is 17.8 Å². The predicted octanol–water partition coefficient (Wildman–Crippen LogP) is 1.94. The van der Waals surface area contributed by atoms with Gasteiger partial charge < -0.3 is 9.30 Å². The summed E-state index contributed by atoms with van der Waals surface area (Å²) in [6.07, 6.45) is 0. The second-order valence-electron chi connectivity index (χ2n) is 4.50. The molecule has 0 aliphatic rings. The summed E-state index contributed by atoms with van der Waals surface area (Å²) in [4.78, 5) is 22.5. The molecule has 0 saturated carbocycles. The molecular formula is C15H13N3O4. The number of rotatable bonds is 5. The third-order valence-electron chi connectivity index (χ3n) is 3.19. The molecule has 0 bridgehead atoms. The fraction of sp³-hybridized carbons (Fsp3) is 0.200. The Morgan fingerprint density at radius 3 is 2.50 bits per heavy atom. The van der Waals surface area contributed by atoms with Crippen molar-refractivity contribution < 1.29 is 9.66 Å². The lowest BCUT2D eigenvalue weighted by Gasteiger charge is -2.13. The highest BCUT2D eigenvalue weighted by atomic mass is 16.6. The molecule has 0 atom stereocenters. The molecule has 1 aromatic carbocycles. The Balaban J connectivity index is 2.54. The Kier molecular flexibility index (Phi) is 4.66. The fourth-order valence-electron chi connectivity index (χ4n) is 2.07. The number of nitro groups is 1. The van der Waals surface area contributed by atoms with Crippen LogP contribution in [0.5, 0.6) is 0 Å².